The van der Waals surface area contributed by atoms with Crippen molar-refractivity contribution in [3.63, 3.8) is 0 Å². The van der Waals surface area contributed by atoms with E-state index in [4.69, 9.17) is 0 Å². The third-order valence-corrected chi connectivity index (χ3v) is 3.62. The number of fused-ring (bicyclic) bond motifs is 2. The van der Waals surface area contributed by atoms with E-state index in [1.807, 2.05) is 6.08 Å². The first-order valence-corrected chi connectivity index (χ1v) is 6.70. The van der Waals surface area contributed by atoms with Gasteiger partial charge in [-0.05, 0) is 36.6 Å². The summed E-state index contributed by atoms with van der Waals surface area (Å²) >= 11 is 0. The quantitative estimate of drug-likeness (QED) is 0.718. The molecule has 1 aromatic heterocycles. The van der Waals surface area contributed by atoms with Gasteiger partial charge in [-0.15, -0.1) is 6.58 Å². The van der Waals surface area contributed by atoms with Gasteiger partial charge in [0.25, 0.3) is 0 Å². The monoisotopic (exact) mass is 250 g/mol. The summed E-state index contributed by atoms with van der Waals surface area (Å²) in [6, 6.07) is 6.69. The zero-order chi connectivity index (χ0) is 13.2. The average molecular weight is 250 g/mol. The molecule has 0 radical (unpaired) electrons. The van der Waals surface area contributed by atoms with E-state index >= 15 is 0 Å². The Morgan fingerprint density at radius 1 is 1.42 bits per heavy atom. The lowest BCUT2D eigenvalue weighted by Crippen LogP contribution is -2.03. The number of hydrogen-bond acceptors (Lipinski definition) is 1. The second-order valence-electron chi connectivity index (χ2n) is 4.94. The zero-order valence-electron chi connectivity index (χ0n) is 11.3. The summed E-state index contributed by atoms with van der Waals surface area (Å²) in [4.78, 5) is 4.67. The molecule has 0 aliphatic heterocycles. The minimum atomic E-state index is 0.696. The molecule has 96 valence electrons. The molecule has 0 saturated heterocycles. The van der Waals surface area contributed by atoms with Gasteiger partial charge < -0.3 is 4.57 Å². The van der Waals surface area contributed by atoms with Crippen molar-refractivity contribution in [1.29, 1.82) is 0 Å². The fourth-order valence-electron chi connectivity index (χ4n) is 2.62. The maximum absolute atomic E-state index is 4.67. The molecular formula is C17H18N2. The standard InChI is InChI=1S/C17H18N2/c1-3-9-18-16-7-5-4-6-13-12-17-14(11-15(13)16)8-10-19(17)2/h3-4,6,8,10-12H,1,5,7,9H2,2H3/b18-16-. The normalized spacial score (nSPS) is 16.6. The summed E-state index contributed by atoms with van der Waals surface area (Å²) < 4.78 is 2.16. The summed E-state index contributed by atoms with van der Waals surface area (Å²) in [6.07, 6.45) is 10.5. The fourth-order valence-corrected chi connectivity index (χ4v) is 2.62. The summed E-state index contributed by atoms with van der Waals surface area (Å²) in [6.45, 7) is 4.45. The largest absolute Gasteiger partial charge is 0.351 e. The van der Waals surface area contributed by atoms with Crippen LogP contribution in [0.15, 0.2) is 48.1 Å². The Morgan fingerprint density at radius 2 is 2.32 bits per heavy atom. The van der Waals surface area contributed by atoms with Crippen LogP contribution in [-0.4, -0.2) is 16.8 Å². The molecule has 3 rings (SSSR count). The Morgan fingerprint density at radius 3 is 3.16 bits per heavy atom. The lowest BCUT2D eigenvalue weighted by Gasteiger charge is -2.09. The van der Waals surface area contributed by atoms with Gasteiger partial charge in [0.2, 0.25) is 0 Å². The van der Waals surface area contributed by atoms with Gasteiger partial charge in [-0.2, -0.15) is 0 Å². The first-order chi connectivity index (χ1) is 9.29. The molecule has 2 aromatic rings. The van der Waals surface area contributed by atoms with Gasteiger partial charge in [0.05, 0.1) is 6.54 Å². The number of aryl methyl sites for hydroxylation is 1. The van der Waals surface area contributed by atoms with E-state index in [1.54, 1.807) is 0 Å². The Kier molecular flexibility index (Phi) is 3.08. The van der Waals surface area contributed by atoms with Gasteiger partial charge in [-0.1, -0.05) is 18.2 Å². The van der Waals surface area contributed by atoms with E-state index in [2.05, 4.69) is 59.7 Å². The molecule has 1 aliphatic carbocycles. The summed E-state index contributed by atoms with van der Waals surface area (Å²) in [5.41, 5.74) is 5.02. The molecule has 0 atom stereocenters. The molecule has 1 aromatic carbocycles. The van der Waals surface area contributed by atoms with Crippen LogP contribution >= 0.6 is 0 Å². The molecule has 1 aliphatic rings. The van der Waals surface area contributed by atoms with Crippen molar-refractivity contribution in [3.05, 3.63) is 54.3 Å². The molecule has 0 N–H and O–H groups in total. The van der Waals surface area contributed by atoms with Gasteiger partial charge in [0.15, 0.2) is 0 Å². The minimum absolute atomic E-state index is 0.696. The van der Waals surface area contributed by atoms with Gasteiger partial charge in [-0.3, -0.25) is 4.99 Å². The highest BCUT2D eigenvalue weighted by Crippen LogP contribution is 2.26. The lowest BCUT2D eigenvalue weighted by atomic mass is 10.00. The maximum Gasteiger partial charge on any atom is 0.0571 e. The zero-order valence-corrected chi connectivity index (χ0v) is 11.3. The van der Waals surface area contributed by atoms with Gasteiger partial charge >= 0.3 is 0 Å². The molecule has 0 amide bonds. The van der Waals surface area contributed by atoms with Crippen LogP contribution < -0.4 is 0 Å². The number of benzene rings is 1. The molecular weight excluding hydrogens is 232 g/mol. The molecule has 2 heteroatoms. The Balaban J connectivity index is 2.21. The van der Waals surface area contributed by atoms with Crippen LogP contribution in [0, 0.1) is 0 Å². The number of nitrogens with zero attached hydrogens (tertiary/aromatic N) is 2. The summed E-state index contributed by atoms with van der Waals surface area (Å²) in [7, 11) is 2.09. The SMILES string of the molecule is C=CC/N=C1/CCC=Cc2cc3c(ccn3C)cc21. The molecule has 0 spiro atoms. The first kappa shape index (κ1) is 12.0. The van der Waals surface area contributed by atoms with Gasteiger partial charge in [0.1, 0.15) is 0 Å². The lowest BCUT2D eigenvalue weighted by molar-refractivity contribution is 0.969. The smallest absolute Gasteiger partial charge is 0.0571 e. The third kappa shape index (κ3) is 2.14. The third-order valence-electron chi connectivity index (χ3n) is 3.62. The molecule has 0 unspecified atom stereocenters. The average Bonchev–Trinajstić information content (AvgIpc) is 2.67. The molecule has 0 fully saturated rings. The second kappa shape index (κ2) is 4.88. The Labute approximate surface area is 113 Å². The molecule has 2 nitrogen and oxygen atoms in total. The van der Waals surface area contributed by atoms with Gasteiger partial charge in [0, 0.05) is 35.4 Å². The molecule has 1 heterocycles. The van der Waals surface area contributed by atoms with Crippen LogP contribution in [-0.2, 0) is 7.05 Å². The molecule has 0 bridgehead atoms. The highest BCUT2D eigenvalue weighted by Gasteiger charge is 2.12. The van der Waals surface area contributed by atoms with Crippen LogP contribution in [0.4, 0.5) is 0 Å². The van der Waals surface area contributed by atoms with Crippen LogP contribution in [0.1, 0.15) is 24.0 Å². The van der Waals surface area contributed by atoms with Crippen molar-refractivity contribution in [2.45, 2.75) is 12.8 Å². The summed E-state index contributed by atoms with van der Waals surface area (Å²) in [5, 5.41) is 1.28. The number of rotatable bonds is 2. The highest BCUT2D eigenvalue weighted by molar-refractivity contribution is 6.07. The van der Waals surface area contributed by atoms with E-state index in [1.165, 1.54) is 27.7 Å². The van der Waals surface area contributed by atoms with Crippen LogP contribution in [0.3, 0.4) is 0 Å². The van der Waals surface area contributed by atoms with Crippen LogP contribution in [0.25, 0.3) is 17.0 Å². The number of allylic oxidation sites excluding steroid dienone is 1. The topological polar surface area (TPSA) is 17.3 Å². The van der Waals surface area contributed by atoms with Crippen molar-refractivity contribution in [2.24, 2.45) is 12.0 Å². The summed E-state index contributed by atoms with van der Waals surface area (Å²) in [5.74, 6) is 0. The maximum atomic E-state index is 4.67. The van der Waals surface area contributed by atoms with Crippen molar-refractivity contribution in [3.8, 4) is 0 Å². The number of aromatic nitrogens is 1. The second-order valence-corrected chi connectivity index (χ2v) is 4.94. The highest BCUT2D eigenvalue weighted by atomic mass is 14.9. The van der Waals surface area contributed by atoms with E-state index in [0.29, 0.717) is 6.54 Å². The Bertz CT molecular complexity index is 687. The molecule has 19 heavy (non-hydrogen) atoms. The fraction of sp³-hybridized carbons (Fsp3) is 0.235. The van der Waals surface area contributed by atoms with E-state index < -0.39 is 0 Å². The van der Waals surface area contributed by atoms with Crippen molar-refractivity contribution in [2.75, 3.05) is 6.54 Å². The van der Waals surface area contributed by atoms with E-state index in [-0.39, 0.29) is 0 Å². The first-order valence-electron chi connectivity index (χ1n) is 6.70. The van der Waals surface area contributed by atoms with Crippen LogP contribution in [0.2, 0.25) is 0 Å². The van der Waals surface area contributed by atoms with Crippen LogP contribution in [0.5, 0.6) is 0 Å². The number of aliphatic imine (C=N–C) groups is 1. The van der Waals surface area contributed by atoms with Crippen molar-refractivity contribution < 1.29 is 0 Å². The Hall–Kier alpha value is -2.09. The van der Waals surface area contributed by atoms with E-state index in [9.17, 15) is 0 Å². The van der Waals surface area contributed by atoms with Gasteiger partial charge in [-0.25, -0.2) is 0 Å². The minimum Gasteiger partial charge on any atom is -0.351 e. The van der Waals surface area contributed by atoms with Crippen molar-refractivity contribution in [1.82, 2.24) is 4.57 Å². The number of hydrogen-bond donors (Lipinski definition) is 0. The molecule has 0 saturated carbocycles. The predicted octanol–water partition coefficient (Wildman–Crippen LogP) is 3.96. The van der Waals surface area contributed by atoms with Crippen molar-refractivity contribution >= 4 is 22.7 Å². The predicted molar refractivity (Wildman–Crippen MR) is 82.8 cm³/mol. The van der Waals surface area contributed by atoms with E-state index in [0.717, 1.165) is 12.8 Å².